The van der Waals surface area contributed by atoms with Crippen molar-refractivity contribution in [3.05, 3.63) is 70.5 Å². The highest BCUT2D eigenvalue weighted by atomic mass is 35.5. The van der Waals surface area contributed by atoms with Crippen LogP contribution in [0.3, 0.4) is 0 Å². The summed E-state index contributed by atoms with van der Waals surface area (Å²) in [6.07, 6.45) is -1.44. The summed E-state index contributed by atoms with van der Waals surface area (Å²) >= 11 is 5.67. The molecule has 0 saturated heterocycles. The molecule has 33 heavy (non-hydrogen) atoms. The van der Waals surface area contributed by atoms with Crippen LogP contribution in [0.1, 0.15) is 36.3 Å². The number of aryl methyl sites for hydroxylation is 1. The number of halogens is 4. The molecule has 1 aliphatic rings. The minimum atomic E-state index is -2.91. The van der Waals surface area contributed by atoms with E-state index in [1.54, 1.807) is 19.1 Å². The van der Waals surface area contributed by atoms with E-state index in [-0.39, 0.29) is 27.7 Å². The van der Waals surface area contributed by atoms with E-state index in [9.17, 15) is 22.8 Å². The summed E-state index contributed by atoms with van der Waals surface area (Å²) in [5.74, 6) is -2.66. The summed E-state index contributed by atoms with van der Waals surface area (Å²) in [6.45, 7) is 2.65. The molecule has 0 saturated carbocycles. The van der Waals surface area contributed by atoms with Crippen LogP contribution in [-0.2, 0) is 9.59 Å². The SMILES string of the molecule is Cc1cc2c(c(C(F)F)n1)-c1cccnc1[C@H](C)C(=O)N2CC(=O)Nc1ccc(Cl)c(F)c1. The average molecular weight is 475 g/mol. The summed E-state index contributed by atoms with van der Waals surface area (Å²) in [5.41, 5.74) is 0.785. The molecule has 3 aromatic rings. The fourth-order valence-corrected chi connectivity index (χ4v) is 3.97. The molecule has 1 aliphatic heterocycles. The van der Waals surface area contributed by atoms with Crippen LogP contribution in [0, 0.1) is 12.7 Å². The average Bonchev–Trinajstić information content (AvgIpc) is 2.85. The fourth-order valence-electron chi connectivity index (χ4n) is 3.85. The van der Waals surface area contributed by atoms with E-state index < -0.39 is 42.2 Å². The second-order valence-corrected chi connectivity index (χ2v) is 8.01. The quantitative estimate of drug-likeness (QED) is 0.559. The third kappa shape index (κ3) is 4.28. The Hall–Kier alpha value is -3.46. The number of rotatable bonds is 4. The van der Waals surface area contributed by atoms with Gasteiger partial charge in [-0.2, -0.15) is 0 Å². The number of nitrogens with one attached hydrogen (secondary N) is 1. The van der Waals surface area contributed by atoms with Gasteiger partial charge in [-0.1, -0.05) is 17.7 Å². The van der Waals surface area contributed by atoms with E-state index in [0.29, 0.717) is 11.3 Å². The first-order chi connectivity index (χ1) is 15.7. The van der Waals surface area contributed by atoms with E-state index >= 15 is 0 Å². The van der Waals surface area contributed by atoms with E-state index in [1.165, 1.54) is 31.3 Å². The van der Waals surface area contributed by atoms with Gasteiger partial charge in [0.2, 0.25) is 11.8 Å². The van der Waals surface area contributed by atoms with E-state index in [4.69, 9.17) is 11.6 Å². The van der Waals surface area contributed by atoms with E-state index in [1.807, 2.05) is 0 Å². The predicted molar refractivity (Wildman–Crippen MR) is 118 cm³/mol. The first-order valence-corrected chi connectivity index (χ1v) is 10.4. The number of pyridine rings is 2. The number of alkyl halides is 2. The summed E-state index contributed by atoms with van der Waals surface area (Å²) in [7, 11) is 0. The van der Waals surface area contributed by atoms with Crippen molar-refractivity contribution in [2.75, 3.05) is 16.8 Å². The lowest BCUT2D eigenvalue weighted by atomic mass is 9.96. The Morgan fingerprint density at radius 1 is 1.27 bits per heavy atom. The van der Waals surface area contributed by atoms with Gasteiger partial charge in [0.1, 0.15) is 18.1 Å². The molecule has 0 aliphatic carbocycles. The Morgan fingerprint density at radius 3 is 2.73 bits per heavy atom. The normalized spacial score (nSPS) is 15.2. The topological polar surface area (TPSA) is 75.2 Å². The molecule has 2 aromatic heterocycles. The fraction of sp³-hybridized carbons (Fsp3) is 0.217. The molecular weight excluding hydrogens is 457 g/mol. The number of hydrogen-bond donors (Lipinski definition) is 1. The van der Waals surface area contributed by atoms with Crippen LogP contribution in [0.2, 0.25) is 5.02 Å². The minimum Gasteiger partial charge on any atom is -0.324 e. The summed E-state index contributed by atoms with van der Waals surface area (Å²) in [5, 5.41) is 2.40. The van der Waals surface area contributed by atoms with Crippen LogP contribution < -0.4 is 10.2 Å². The number of carbonyl (C=O) groups excluding carboxylic acids is 2. The van der Waals surface area contributed by atoms with Crippen LogP contribution in [0.15, 0.2) is 42.6 Å². The number of fused-ring (bicyclic) bond motifs is 3. The van der Waals surface area contributed by atoms with Crippen molar-refractivity contribution in [2.24, 2.45) is 0 Å². The molecule has 4 rings (SSSR count). The highest BCUT2D eigenvalue weighted by Gasteiger charge is 2.36. The second kappa shape index (κ2) is 8.82. The third-order valence-electron chi connectivity index (χ3n) is 5.31. The Morgan fingerprint density at radius 2 is 2.03 bits per heavy atom. The number of anilines is 2. The molecular formula is C23H18ClF3N4O2. The van der Waals surface area contributed by atoms with Crippen molar-refractivity contribution in [2.45, 2.75) is 26.2 Å². The third-order valence-corrected chi connectivity index (χ3v) is 5.62. The van der Waals surface area contributed by atoms with Crippen LogP contribution in [0.4, 0.5) is 24.5 Å². The van der Waals surface area contributed by atoms with Crippen molar-refractivity contribution >= 4 is 34.8 Å². The molecule has 0 unspecified atom stereocenters. The van der Waals surface area contributed by atoms with Gasteiger partial charge >= 0.3 is 0 Å². The first-order valence-electron chi connectivity index (χ1n) is 9.98. The zero-order chi connectivity index (χ0) is 23.9. The van der Waals surface area contributed by atoms with Gasteiger partial charge in [0.25, 0.3) is 6.43 Å². The van der Waals surface area contributed by atoms with Gasteiger partial charge in [0.05, 0.1) is 22.3 Å². The molecule has 10 heteroatoms. The molecule has 1 aromatic carbocycles. The van der Waals surface area contributed by atoms with Gasteiger partial charge in [-0.3, -0.25) is 19.6 Å². The molecule has 3 heterocycles. The second-order valence-electron chi connectivity index (χ2n) is 7.60. The van der Waals surface area contributed by atoms with Gasteiger partial charge in [0.15, 0.2) is 0 Å². The van der Waals surface area contributed by atoms with Gasteiger partial charge in [0, 0.05) is 28.7 Å². The van der Waals surface area contributed by atoms with Crippen LogP contribution in [0.5, 0.6) is 0 Å². The maximum absolute atomic E-state index is 14.0. The highest BCUT2D eigenvalue weighted by Crippen LogP contribution is 2.44. The largest absolute Gasteiger partial charge is 0.324 e. The Bertz CT molecular complexity index is 1270. The van der Waals surface area contributed by atoms with Gasteiger partial charge in [-0.05, 0) is 44.2 Å². The number of benzene rings is 1. The summed E-state index contributed by atoms with van der Waals surface area (Å²) in [4.78, 5) is 35.6. The van der Waals surface area contributed by atoms with E-state index in [0.717, 1.165) is 11.0 Å². The summed E-state index contributed by atoms with van der Waals surface area (Å²) < 4.78 is 41.7. The molecule has 0 fully saturated rings. The van der Waals surface area contributed by atoms with Crippen LogP contribution in [-0.4, -0.2) is 28.3 Å². The lowest BCUT2D eigenvalue weighted by Crippen LogP contribution is -2.40. The minimum absolute atomic E-state index is 0.0572. The molecule has 2 amide bonds. The maximum Gasteiger partial charge on any atom is 0.281 e. The zero-order valence-corrected chi connectivity index (χ0v) is 18.3. The molecule has 170 valence electrons. The smallest absolute Gasteiger partial charge is 0.281 e. The Labute approximate surface area is 192 Å². The number of carbonyl (C=O) groups is 2. The molecule has 1 N–H and O–H groups in total. The lowest BCUT2D eigenvalue weighted by Gasteiger charge is -2.25. The van der Waals surface area contributed by atoms with Crippen LogP contribution >= 0.6 is 11.6 Å². The van der Waals surface area contributed by atoms with Crippen molar-refractivity contribution in [1.29, 1.82) is 0 Å². The summed E-state index contributed by atoms with van der Waals surface area (Å²) in [6, 6.07) is 8.42. The molecule has 1 atom stereocenters. The monoisotopic (exact) mass is 474 g/mol. The Kier molecular flexibility index (Phi) is 6.07. The standard InChI is InChI=1S/C23H18ClF3N4O2/c1-11-8-17-19(21(29-11)22(26)27)14-4-3-7-28-20(14)12(2)23(33)31(17)10-18(32)30-13-5-6-15(24)16(25)9-13/h3-9,12,22H,10H2,1-2H3,(H,30,32)/t12-/m0/s1. The number of hydrogen-bond acceptors (Lipinski definition) is 4. The highest BCUT2D eigenvalue weighted by molar-refractivity contribution is 6.30. The number of amides is 2. The van der Waals surface area contributed by atoms with Crippen molar-refractivity contribution < 1.29 is 22.8 Å². The molecule has 0 spiro atoms. The number of nitrogens with zero attached hydrogens (tertiary/aromatic N) is 3. The van der Waals surface area contributed by atoms with Crippen LogP contribution in [0.25, 0.3) is 11.1 Å². The van der Waals surface area contributed by atoms with E-state index in [2.05, 4.69) is 15.3 Å². The van der Waals surface area contributed by atoms with Gasteiger partial charge in [-0.15, -0.1) is 0 Å². The van der Waals surface area contributed by atoms with Crippen molar-refractivity contribution in [1.82, 2.24) is 9.97 Å². The number of aromatic nitrogens is 2. The van der Waals surface area contributed by atoms with Crippen molar-refractivity contribution in [3.63, 3.8) is 0 Å². The first kappa shape index (κ1) is 22.7. The molecule has 0 radical (unpaired) electrons. The predicted octanol–water partition coefficient (Wildman–Crippen LogP) is 5.27. The molecule has 0 bridgehead atoms. The zero-order valence-electron chi connectivity index (χ0n) is 17.6. The lowest BCUT2D eigenvalue weighted by molar-refractivity contribution is -0.122. The molecule has 6 nitrogen and oxygen atoms in total. The van der Waals surface area contributed by atoms with Crippen molar-refractivity contribution in [3.8, 4) is 11.1 Å². The Balaban J connectivity index is 1.80. The van der Waals surface area contributed by atoms with Gasteiger partial charge in [-0.25, -0.2) is 13.2 Å². The maximum atomic E-state index is 14.0. The van der Waals surface area contributed by atoms with Gasteiger partial charge < -0.3 is 10.2 Å².